The number of rotatable bonds is 1. The molecule has 1 heterocycles. The molecule has 3 aromatic rings. The molecule has 134 valence electrons. The zero-order valence-electron chi connectivity index (χ0n) is 13.6. The largest absolute Gasteiger partial charge is 0.506 e. The molecule has 0 bridgehead atoms. The number of halogens is 3. The Bertz CT molecular complexity index is 1090. The van der Waals surface area contributed by atoms with Crippen LogP contribution in [0.5, 0.6) is 5.75 Å². The van der Waals surface area contributed by atoms with Gasteiger partial charge in [-0.2, -0.15) is 13.2 Å². The third kappa shape index (κ3) is 3.26. The van der Waals surface area contributed by atoms with Crippen molar-refractivity contribution in [3.63, 3.8) is 0 Å². The average Bonchev–Trinajstić information content (AvgIpc) is 2.64. The van der Waals surface area contributed by atoms with Crippen LogP contribution in [0.3, 0.4) is 0 Å². The molecule has 1 aromatic heterocycles. The lowest BCUT2D eigenvalue weighted by Crippen LogP contribution is -2.12. The summed E-state index contributed by atoms with van der Waals surface area (Å²) in [4.78, 5) is 18.4. The van der Waals surface area contributed by atoms with Crippen molar-refractivity contribution >= 4 is 27.7 Å². The van der Waals surface area contributed by atoms with Gasteiger partial charge in [0, 0.05) is 10.9 Å². The van der Waals surface area contributed by atoms with Crippen molar-refractivity contribution < 1.29 is 23.1 Å². The fraction of sp³-hybridized carbons (Fsp3) is 0.111. The van der Waals surface area contributed by atoms with Gasteiger partial charge in [0.05, 0.1) is 11.8 Å². The molecule has 0 unspecified atom stereocenters. The molecule has 0 fully saturated rings. The van der Waals surface area contributed by atoms with Crippen LogP contribution in [0, 0.1) is 6.92 Å². The number of phenolic OH excluding ortho intramolecular Hbond substituents is 1. The number of nitrogens with two attached hydrogens (primary N) is 1. The van der Waals surface area contributed by atoms with E-state index in [-0.39, 0.29) is 27.9 Å². The smallest absolute Gasteiger partial charge is 0.416 e. The van der Waals surface area contributed by atoms with Crippen LogP contribution >= 0.6 is 0 Å². The molecular weight excluding hydrogens is 347 g/mol. The zero-order chi connectivity index (χ0) is 19.1. The highest BCUT2D eigenvalue weighted by Gasteiger charge is 2.30. The zero-order valence-corrected chi connectivity index (χ0v) is 13.6. The molecule has 0 saturated carbocycles. The number of aryl methyl sites for hydroxylation is 1. The number of amides is 1. The van der Waals surface area contributed by atoms with Crippen LogP contribution in [-0.4, -0.2) is 21.0 Å². The summed E-state index contributed by atoms with van der Waals surface area (Å²) in [6.07, 6.45) is -3.38. The lowest BCUT2D eigenvalue weighted by Gasteiger charge is -2.07. The van der Waals surface area contributed by atoms with Gasteiger partial charge in [0.2, 0.25) is 0 Å². The van der Waals surface area contributed by atoms with Gasteiger partial charge in [0.25, 0.3) is 5.91 Å². The molecule has 0 spiro atoms. The first-order valence-electron chi connectivity index (χ1n) is 7.53. The molecule has 1 amide bonds. The first-order chi connectivity index (χ1) is 12.2. The Hall–Kier alpha value is -3.29. The molecule has 0 radical (unpaired) electrons. The Morgan fingerprint density at radius 2 is 1.92 bits per heavy atom. The highest BCUT2D eigenvalue weighted by molar-refractivity contribution is 5.95. The first-order valence-corrected chi connectivity index (χ1v) is 7.53. The van der Waals surface area contributed by atoms with Crippen LogP contribution in [0.15, 0.2) is 42.6 Å². The van der Waals surface area contributed by atoms with E-state index in [0.717, 1.165) is 18.3 Å². The van der Waals surface area contributed by atoms with Crippen LogP contribution in [0.25, 0.3) is 21.8 Å². The molecule has 4 N–H and O–H groups in total. The predicted octanol–water partition coefficient (Wildman–Crippen LogP) is 3.97. The molecule has 0 aliphatic rings. The van der Waals surface area contributed by atoms with E-state index in [2.05, 4.69) is 9.97 Å². The SMILES string of the molecule is Cc1ccc(O)c2ncc(C(N)=O)[nH]c3ccc(C(F)(F)F)cc3cc12. The maximum absolute atomic E-state index is 13.1. The van der Waals surface area contributed by atoms with Crippen LogP contribution in [0.4, 0.5) is 13.2 Å². The number of hydrogen-bond donors (Lipinski definition) is 3. The predicted molar refractivity (Wildman–Crippen MR) is 91.1 cm³/mol. The topological polar surface area (TPSA) is 92.0 Å². The van der Waals surface area contributed by atoms with Gasteiger partial charge in [-0.1, -0.05) is 6.07 Å². The molecule has 2 aromatic carbocycles. The second kappa shape index (κ2) is 6.21. The van der Waals surface area contributed by atoms with Gasteiger partial charge >= 0.3 is 6.18 Å². The number of nitrogens with one attached hydrogen (secondary N) is 1. The maximum atomic E-state index is 13.1. The Kier molecular flexibility index (Phi) is 4.19. The minimum atomic E-state index is -4.52. The number of fused-ring (bicyclic) bond motifs is 2. The molecular formula is C18H14F3N3O2. The van der Waals surface area contributed by atoms with E-state index in [1.165, 1.54) is 18.2 Å². The number of aromatic nitrogens is 2. The summed E-state index contributed by atoms with van der Waals surface area (Å²) in [6.45, 7) is 1.74. The number of H-pyrrole nitrogens is 1. The summed E-state index contributed by atoms with van der Waals surface area (Å²) >= 11 is 0. The Balaban J connectivity index is 2.57. The van der Waals surface area contributed by atoms with Gasteiger partial charge in [-0.05, 0) is 48.2 Å². The lowest BCUT2D eigenvalue weighted by atomic mass is 10.1. The monoisotopic (exact) mass is 361 g/mol. The van der Waals surface area contributed by atoms with E-state index in [4.69, 9.17) is 5.73 Å². The van der Waals surface area contributed by atoms with E-state index < -0.39 is 17.6 Å². The third-order valence-corrected chi connectivity index (χ3v) is 3.95. The van der Waals surface area contributed by atoms with Crippen LogP contribution < -0.4 is 5.73 Å². The van der Waals surface area contributed by atoms with Crippen LogP contribution in [-0.2, 0) is 6.18 Å². The number of hydrogen-bond acceptors (Lipinski definition) is 3. The minimum Gasteiger partial charge on any atom is -0.506 e. The molecule has 0 atom stereocenters. The second-order valence-electron chi connectivity index (χ2n) is 5.77. The molecule has 0 aliphatic carbocycles. The molecule has 0 aliphatic heterocycles. The minimum absolute atomic E-state index is 0.117. The van der Waals surface area contributed by atoms with Gasteiger partial charge in [0.1, 0.15) is 17.0 Å². The van der Waals surface area contributed by atoms with Gasteiger partial charge < -0.3 is 15.8 Å². The van der Waals surface area contributed by atoms with Gasteiger partial charge in [0.15, 0.2) is 0 Å². The van der Waals surface area contributed by atoms with Crippen molar-refractivity contribution in [3.8, 4) is 5.75 Å². The number of nitrogens with zero attached hydrogens (tertiary/aromatic N) is 1. The summed E-state index contributed by atoms with van der Waals surface area (Å²) in [5.41, 5.74) is 5.43. The average molecular weight is 361 g/mol. The fourth-order valence-electron chi connectivity index (χ4n) is 2.57. The second-order valence-corrected chi connectivity index (χ2v) is 5.77. The van der Waals surface area contributed by atoms with Crippen molar-refractivity contribution in [1.29, 1.82) is 0 Å². The van der Waals surface area contributed by atoms with Crippen molar-refractivity contribution in [2.24, 2.45) is 5.73 Å². The standard InChI is InChI=1S/C18H14F3N3O2/c1-9-2-5-15(25)16-12(9)7-10-6-11(18(19,20)21)3-4-13(10)24-14(8-23-16)17(22)26/h2-8,24-25H,1H3,(H2,22,26). The van der Waals surface area contributed by atoms with E-state index >= 15 is 0 Å². The van der Waals surface area contributed by atoms with Crippen molar-refractivity contribution in [3.05, 3.63) is 59.4 Å². The molecule has 5 nitrogen and oxygen atoms in total. The number of phenols is 1. The van der Waals surface area contributed by atoms with Gasteiger partial charge in [-0.3, -0.25) is 4.79 Å². The summed E-state index contributed by atoms with van der Waals surface area (Å²) in [7, 11) is 0. The normalized spacial score (nSPS) is 11.5. The number of benzene rings is 2. The number of carbonyl (C=O) groups excluding carboxylic acids is 1. The summed E-state index contributed by atoms with van der Waals surface area (Å²) in [5.74, 6) is -1.01. The molecule has 3 rings (SSSR count). The van der Waals surface area contributed by atoms with E-state index in [1.54, 1.807) is 13.0 Å². The highest BCUT2D eigenvalue weighted by atomic mass is 19.4. The van der Waals surface area contributed by atoms with Gasteiger partial charge in [-0.15, -0.1) is 0 Å². The summed E-state index contributed by atoms with van der Waals surface area (Å²) < 4.78 is 39.3. The highest BCUT2D eigenvalue weighted by Crippen LogP contribution is 2.32. The third-order valence-electron chi connectivity index (χ3n) is 3.95. The maximum Gasteiger partial charge on any atom is 0.416 e. The number of carbonyl (C=O) groups is 1. The van der Waals surface area contributed by atoms with Crippen LogP contribution in [0.1, 0.15) is 21.6 Å². The van der Waals surface area contributed by atoms with E-state index in [1.807, 2.05) is 0 Å². The lowest BCUT2D eigenvalue weighted by molar-refractivity contribution is -0.137. The molecule has 8 heteroatoms. The summed E-state index contributed by atoms with van der Waals surface area (Å²) in [5, 5.41) is 10.7. The van der Waals surface area contributed by atoms with Crippen molar-refractivity contribution in [2.45, 2.75) is 13.1 Å². The quantitative estimate of drug-likeness (QED) is 0.612. The van der Waals surface area contributed by atoms with Crippen molar-refractivity contribution in [1.82, 2.24) is 9.97 Å². The number of aromatic amines is 1. The van der Waals surface area contributed by atoms with E-state index in [0.29, 0.717) is 10.9 Å². The first kappa shape index (κ1) is 17.5. The Morgan fingerprint density at radius 3 is 2.58 bits per heavy atom. The van der Waals surface area contributed by atoms with Crippen molar-refractivity contribution in [2.75, 3.05) is 0 Å². The molecule has 0 saturated heterocycles. The number of alkyl halides is 3. The van der Waals surface area contributed by atoms with E-state index in [9.17, 15) is 23.1 Å². The fourth-order valence-corrected chi connectivity index (χ4v) is 2.57. The number of aromatic hydroxyl groups is 1. The Labute approximate surface area is 145 Å². The summed E-state index contributed by atoms with van der Waals surface area (Å²) in [6, 6.07) is 7.60. The molecule has 26 heavy (non-hydrogen) atoms. The Morgan fingerprint density at radius 1 is 1.19 bits per heavy atom. The van der Waals surface area contributed by atoms with Gasteiger partial charge in [-0.25, -0.2) is 4.98 Å². The number of primary amides is 1. The van der Waals surface area contributed by atoms with Crippen LogP contribution in [0.2, 0.25) is 0 Å².